The molecule has 1 aliphatic rings. The van der Waals surface area contributed by atoms with E-state index in [1.165, 1.54) is 0 Å². The lowest BCUT2D eigenvalue weighted by atomic mass is 9.96. The van der Waals surface area contributed by atoms with Crippen LogP contribution in [0.15, 0.2) is 60.7 Å². The molecule has 5 nitrogen and oxygen atoms in total. The van der Waals surface area contributed by atoms with Gasteiger partial charge < -0.3 is 15.4 Å². The molecular weight excluding hydrogens is 336 g/mol. The summed E-state index contributed by atoms with van der Waals surface area (Å²) in [7, 11) is 0. The number of nitrogens with two attached hydrogens (primary N) is 1. The lowest BCUT2D eigenvalue weighted by Gasteiger charge is -2.33. The first-order chi connectivity index (χ1) is 13.3. The summed E-state index contributed by atoms with van der Waals surface area (Å²) in [6, 6.07) is 22.1. The van der Waals surface area contributed by atoms with E-state index in [1.54, 1.807) is 0 Å². The molecule has 2 N–H and O–H groups in total. The molecule has 1 aliphatic heterocycles. The van der Waals surface area contributed by atoms with E-state index in [0.717, 1.165) is 41.2 Å². The first kappa shape index (κ1) is 17.1. The van der Waals surface area contributed by atoms with Crippen LogP contribution in [0, 0.1) is 11.3 Å². The van der Waals surface area contributed by atoms with E-state index in [2.05, 4.69) is 16.0 Å². The number of hydrogen-bond donors (Lipinski definition) is 1. The van der Waals surface area contributed by atoms with Gasteiger partial charge in [-0.3, -0.25) is 0 Å². The fourth-order valence-electron chi connectivity index (χ4n) is 3.46. The third kappa shape index (κ3) is 3.23. The fraction of sp³-hybridized carbons (Fsp3) is 0.182. The second-order valence-electron chi connectivity index (χ2n) is 6.39. The molecular formula is C22H20N4O. The number of nitriles is 1. The van der Waals surface area contributed by atoms with Crippen molar-refractivity contribution in [1.82, 2.24) is 4.98 Å². The lowest BCUT2D eigenvalue weighted by molar-refractivity contribution is 0.123. The van der Waals surface area contributed by atoms with Gasteiger partial charge in [0.25, 0.3) is 0 Å². The Balaban J connectivity index is 2.05. The fourth-order valence-corrected chi connectivity index (χ4v) is 3.46. The van der Waals surface area contributed by atoms with Gasteiger partial charge in [0.1, 0.15) is 6.07 Å². The molecule has 4 rings (SSSR count). The van der Waals surface area contributed by atoms with Crippen LogP contribution in [0.25, 0.3) is 22.4 Å². The molecule has 1 saturated heterocycles. The molecule has 0 amide bonds. The van der Waals surface area contributed by atoms with Gasteiger partial charge >= 0.3 is 0 Å². The Kier molecular flexibility index (Phi) is 4.73. The summed E-state index contributed by atoms with van der Waals surface area (Å²) in [5.41, 5.74) is 11.7. The standard InChI is InChI=1S/C22H20N4O/c23-15-18-20(24)19(16-7-3-1-4-8-16)22(26-11-13-27-14-12-26)21(25-18)17-9-5-2-6-10-17/h1-10H,11-14,24H2. The minimum atomic E-state index is 0.254. The van der Waals surface area contributed by atoms with E-state index < -0.39 is 0 Å². The largest absolute Gasteiger partial charge is 0.396 e. The molecule has 0 atom stereocenters. The second kappa shape index (κ2) is 7.48. The number of ether oxygens (including phenoxy) is 1. The number of pyridine rings is 1. The molecule has 5 heteroatoms. The van der Waals surface area contributed by atoms with Crippen LogP contribution in [-0.2, 0) is 4.74 Å². The van der Waals surface area contributed by atoms with Crippen molar-refractivity contribution in [2.45, 2.75) is 0 Å². The Hall–Kier alpha value is -3.36. The Labute approximate surface area is 158 Å². The van der Waals surface area contributed by atoms with Gasteiger partial charge in [0.15, 0.2) is 5.69 Å². The molecule has 0 radical (unpaired) electrons. The van der Waals surface area contributed by atoms with Gasteiger partial charge in [0, 0.05) is 24.2 Å². The highest BCUT2D eigenvalue weighted by Gasteiger charge is 2.25. The molecule has 0 unspecified atom stereocenters. The van der Waals surface area contributed by atoms with Crippen LogP contribution < -0.4 is 10.6 Å². The van der Waals surface area contributed by atoms with Crippen molar-refractivity contribution in [1.29, 1.82) is 5.26 Å². The molecule has 0 bridgehead atoms. The summed E-state index contributed by atoms with van der Waals surface area (Å²) in [6.07, 6.45) is 0. The molecule has 1 fully saturated rings. The zero-order valence-corrected chi connectivity index (χ0v) is 14.9. The quantitative estimate of drug-likeness (QED) is 0.774. The highest BCUT2D eigenvalue weighted by Crippen LogP contribution is 2.43. The smallest absolute Gasteiger partial charge is 0.164 e. The van der Waals surface area contributed by atoms with Gasteiger partial charge in [-0.25, -0.2) is 4.98 Å². The molecule has 2 aromatic carbocycles. The summed E-state index contributed by atoms with van der Waals surface area (Å²) in [5.74, 6) is 0. The summed E-state index contributed by atoms with van der Waals surface area (Å²) >= 11 is 0. The maximum Gasteiger partial charge on any atom is 0.164 e. The lowest BCUT2D eigenvalue weighted by Crippen LogP contribution is -2.37. The van der Waals surface area contributed by atoms with E-state index in [4.69, 9.17) is 10.5 Å². The van der Waals surface area contributed by atoms with Gasteiger partial charge in [-0.2, -0.15) is 5.26 Å². The monoisotopic (exact) mass is 356 g/mol. The van der Waals surface area contributed by atoms with E-state index in [1.807, 2.05) is 60.7 Å². The van der Waals surface area contributed by atoms with Crippen LogP contribution in [0.1, 0.15) is 5.69 Å². The van der Waals surface area contributed by atoms with Crippen molar-refractivity contribution < 1.29 is 4.74 Å². The van der Waals surface area contributed by atoms with Crippen LogP contribution >= 0.6 is 0 Å². The first-order valence-corrected chi connectivity index (χ1v) is 8.96. The minimum absolute atomic E-state index is 0.254. The van der Waals surface area contributed by atoms with Crippen molar-refractivity contribution >= 4 is 11.4 Å². The number of anilines is 2. The topological polar surface area (TPSA) is 75.2 Å². The SMILES string of the molecule is N#Cc1nc(-c2ccccc2)c(N2CCOCC2)c(-c2ccccc2)c1N. The van der Waals surface area contributed by atoms with Gasteiger partial charge in [-0.15, -0.1) is 0 Å². The summed E-state index contributed by atoms with van der Waals surface area (Å²) in [5, 5.41) is 9.64. The predicted octanol–water partition coefficient (Wildman–Crippen LogP) is 3.71. The molecule has 0 saturated carbocycles. The molecule has 27 heavy (non-hydrogen) atoms. The molecule has 0 spiro atoms. The number of hydrogen-bond acceptors (Lipinski definition) is 5. The number of aromatic nitrogens is 1. The maximum atomic E-state index is 9.64. The summed E-state index contributed by atoms with van der Waals surface area (Å²) in [6.45, 7) is 2.82. The maximum absolute atomic E-state index is 9.64. The predicted molar refractivity (Wildman–Crippen MR) is 107 cm³/mol. The van der Waals surface area contributed by atoms with Crippen molar-refractivity contribution in [3.8, 4) is 28.5 Å². The molecule has 134 valence electrons. The number of morpholine rings is 1. The van der Waals surface area contributed by atoms with Crippen molar-refractivity contribution in [3.05, 3.63) is 66.4 Å². The average molecular weight is 356 g/mol. The van der Waals surface area contributed by atoms with Crippen LogP contribution in [0.5, 0.6) is 0 Å². The van der Waals surface area contributed by atoms with E-state index >= 15 is 0 Å². The normalized spacial score (nSPS) is 14.0. The third-order valence-electron chi connectivity index (χ3n) is 4.75. The Bertz CT molecular complexity index is 975. The summed E-state index contributed by atoms with van der Waals surface area (Å²) < 4.78 is 5.54. The highest BCUT2D eigenvalue weighted by atomic mass is 16.5. The number of rotatable bonds is 3. The first-order valence-electron chi connectivity index (χ1n) is 8.96. The van der Waals surface area contributed by atoms with Crippen LogP contribution in [-0.4, -0.2) is 31.3 Å². The van der Waals surface area contributed by atoms with Gasteiger partial charge in [0.05, 0.1) is 30.3 Å². The minimum Gasteiger partial charge on any atom is -0.396 e. The van der Waals surface area contributed by atoms with Crippen LogP contribution in [0.2, 0.25) is 0 Å². The molecule has 1 aromatic heterocycles. The van der Waals surface area contributed by atoms with E-state index in [-0.39, 0.29) is 5.69 Å². The Morgan fingerprint density at radius 1 is 0.926 bits per heavy atom. The molecule has 2 heterocycles. The van der Waals surface area contributed by atoms with Gasteiger partial charge in [-0.1, -0.05) is 60.7 Å². The number of benzene rings is 2. The zero-order valence-electron chi connectivity index (χ0n) is 14.9. The molecule has 3 aromatic rings. The van der Waals surface area contributed by atoms with E-state index in [0.29, 0.717) is 18.9 Å². The zero-order chi connectivity index (χ0) is 18.6. The Morgan fingerprint density at radius 3 is 2.11 bits per heavy atom. The van der Waals surface area contributed by atoms with Gasteiger partial charge in [-0.05, 0) is 5.56 Å². The van der Waals surface area contributed by atoms with Crippen molar-refractivity contribution in [2.24, 2.45) is 0 Å². The molecule has 0 aliphatic carbocycles. The second-order valence-corrected chi connectivity index (χ2v) is 6.39. The van der Waals surface area contributed by atoms with E-state index in [9.17, 15) is 5.26 Å². The van der Waals surface area contributed by atoms with Gasteiger partial charge in [0.2, 0.25) is 0 Å². The highest BCUT2D eigenvalue weighted by molar-refractivity contribution is 5.97. The van der Waals surface area contributed by atoms with Crippen molar-refractivity contribution in [3.63, 3.8) is 0 Å². The van der Waals surface area contributed by atoms with Crippen molar-refractivity contribution in [2.75, 3.05) is 36.9 Å². The van der Waals surface area contributed by atoms with Crippen LogP contribution in [0.3, 0.4) is 0 Å². The third-order valence-corrected chi connectivity index (χ3v) is 4.75. The Morgan fingerprint density at radius 2 is 1.52 bits per heavy atom. The van der Waals surface area contributed by atoms with Crippen LogP contribution in [0.4, 0.5) is 11.4 Å². The number of nitrogens with zero attached hydrogens (tertiary/aromatic N) is 3. The average Bonchev–Trinajstić information content (AvgIpc) is 2.75. The number of nitrogen functional groups attached to an aromatic ring is 1. The summed E-state index contributed by atoms with van der Waals surface area (Å²) in [4.78, 5) is 6.92.